The van der Waals surface area contributed by atoms with E-state index in [2.05, 4.69) is 5.43 Å². The lowest BCUT2D eigenvalue weighted by molar-refractivity contribution is 0.324. The molecule has 0 saturated heterocycles. The van der Waals surface area contributed by atoms with Crippen molar-refractivity contribution in [2.75, 3.05) is 0 Å². The van der Waals surface area contributed by atoms with Crippen molar-refractivity contribution in [3.63, 3.8) is 0 Å². The molecule has 3 nitrogen and oxygen atoms in total. The van der Waals surface area contributed by atoms with E-state index in [1.807, 2.05) is 0 Å². The minimum atomic E-state index is 0.557. The molecule has 0 aliphatic heterocycles. The van der Waals surface area contributed by atoms with Crippen molar-refractivity contribution >= 4 is 5.84 Å². The van der Waals surface area contributed by atoms with Gasteiger partial charge in [0.15, 0.2) is 0 Å². The highest BCUT2D eigenvalue weighted by atomic mass is 15.3. The Bertz CT molecular complexity index is 203. The molecule has 2 fully saturated rings. The van der Waals surface area contributed by atoms with Crippen LogP contribution in [0.1, 0.15) is 51.4 Å². The SMILES string of the molecule is NNC(CC1CCC1)=NC1CCCC1. The average molecular weight is 195 g/mol. The summed E-state index contributed by atoms with van der Waals surface area (Å²) >= 11 is 0. The van der Waals surface area contributed by atoms with Gasteiger partial charge in [0.25, 0.3) is 0 Å². The molecule has 0 atom stereocenters. The van der Waals surface area contributed by atoms with Gasteiger partial charge in [-0.1, -0.05) is 32.1 Å². The summed E-state index contributed by atoms with van der Waals surface area (Å²) < 4.78 is 0. The van der Waals surface area contributed by atoms with Gasteiger partial charge in [0.05, 0.1) is 6.04 Å². The lowest BCUT2D eigenvalue weighted by atomic mass is 9.83. The van der Waals surface area contributed by atoms with Crippen molar-refractivity contribution < 1.29 is 0 Å². The van der Waals surface area contributed by atoms with E-state index in [4.69, 9.17) is 10.8 Å². The number of hydrogen-bond acceptors (Lipinski definition) is 2. The van der Waals surface area contributed by atoms with Gasteiger partial charge >= 0.3 is 0 Å². The molecule has 14 heavy (non-hydrogen) atoms. The Labute approximate surface area is 86.1 Å². The van der Waals surface area contributed by atoms with Crippen LogP contribution in [0.15, 0.2) is 4.99 Å². The molecule has 80 valence electrons. The Morgan fingerprint density at radius 2 is 1.86 bits per heavy atom. The number of hydrazine groups is 1. The van der Waals surface area contributed by atoms with E-state index in [1.54, 1.807) is 0 Å². The van der Waals surface area contributed by atoms with E-state index in [1.165, 1.54) is 44.9 Å². The lowest BCUT2D eigenvalue weighted by Gasteiger charge is -2.25. The van der Waals surface area contributed by atoms with Gasteiger partial charge in [0.2, 0.25) is 0 Å². The summed E-state index contributed by atoms with van der Waals surface area (Å²) in [5.74, 6) is 7.39. The Morgan fingerprint density at radius 1 is 1.14 bits per heavy atom. The number of nitrogens with two attached hydrogens (primary N) is 1. The maximum atomic E-state index is 5.50. The van der Waals surface area contributed by atoms with E-state index in [0.717, 1.165) is 18.2 Å². The van der Waals surface area contributed by atoms with E-state index < -0.39 is 0 Å². The normalized spacial score (nSPS) is 25.1. The Kier molecular flexibility index (Phi) is 3.40. The summed E-state index contributed by atoms with van der Waals surface area (Å²) in [6.07, 6.45) is 10.4. The van der Waals surface area contributed by atoms with Crippen LogP contribution in [0.4, 0.5) is 0 Å². The third-order valence-electron chi connectivity index (χ3n) is 3.54. The third kappa shape index (κ3) is 2.47. The van der Waals surface area contributed by atoms with Gasteiger partial charge in [-0.05, 0) is 18.8 Å². The average Bonchev–Trinajstić information content (AvgIpc) is 2.61. The van der Waals surface area contributed by atoms with Gasteiger partial charge in [-0.25, -0.2) is 5.84 Å². The molecule has 3 heteroatoms. The van der Waals surface area contributed by atoms with Crippen LogP contribution in [0.3, 0.4) is 0 Å². The molecule has 2 saturated carbocycles. The first kappa shape index (κ1) is 9.97. The summed E-state index contributed by atoms with van der Waals surface area (Å²) in [7, 11) is 0. The predicted octanol–water partition coefficient (Wildman–Crippen LogP) is 1.98. The number of hydrogen-bond donors (Lipinski definition) is 2. The number of nitrogens with one attached hydrogen (secondary N) is 1. The molecule has 0 spiro atoms. The summed E-state index contributed by atoms with van der Waals surface area (Å²) in [6, 6.07) is 0.557. The van der Waals surface area contributed by atoms with Gasteiger partial charge in [0, 0.05) is 6.42 Å². The topological polar surface area (TPSA) is 50.4 Å². The monoisotopic (exact) mass is 195 g/mol. The van der Waals surface area contributed by atoms with Crippen molar-refractivity contribution in [3.8, 4) is 0 Å². The minimum absolute atomic E-state index is 0.557. The summed E-state index contributed by atoms with van der Waals surface area (Å²) in [5.41, 5.74) is 2.78. The standard InChI is InChI=1S/C11H21N3/c12-14-11(8-9-4-3-5-9)13-10-6-1-2-7-10/h9-10H,1-8,12H2,(H,13,14). The lowest BCUT2D eigenvalue weighted by Crippen LogP contribution is -2.34. The molecule has 2 aliphatic carbocycles. The molecule has 0 aromatic rings. The maximum Gasteiger partial charge on any atom is 0.111 e. The van der Waals surface area contributed by atoms with Crippen LogP contribution in [0.2, 0.25) is 0 Å². The van der Waals surface area contributed by atoms with E-state index in [0.29, 0.717) is 6.04 Å². The van der Waals surface area contributed by atoms with Crippen LogP contribution in [0, 0.1) is 5.92 Å². The molecule has 0 aromatic heterocycles. The van der Waals surface area contributed by atoms with Crippen LogP contribution in [-0.2, 0) is 0 Å². The van der Waals surface area contributed by atoms with Crippen LogP contribution in [0.5, 0.6) is 0 Å². The van der Waals surface area contributed by atoms with Crippen molar-refractivity contribution in [2.24, 2.45) is 16.8 Å². The van der Waals surface area contributed by atoms with Crippen LogP contribution >= 0.6 is 0 Å². The fraction of sp³-hybridized carbons (Fsp3) is 0.909. The van der Waals surface area contributed by atoms with E-state index in [-0.39, 0.29) is 0 Å². The van der Waals surface area contributed by atoms with Crippen LogP contribution < -0.4 is 11.3 Å². The van der Waals surface area contributed by atoms with E-state index in [9.17, 15) is 0 Å². The zero-order valence-corrected chi connectivity index (χ0v) is 8.84. The largest absolute Gasteiger partial charge is 0.312 e. The quantitative estimate of drug-likeness (QED) is 0.313. The fourth-order valence-corrected chi connectivity index (χ4v) is 2.37. The Hall–Kier alpha value is -0.570. The van der Waals surface area contributed by atoms with Crippen LogP contribution in [-0.4, -0.2) is 11.9 Å². The second-order valence-corrected chi connectivity index (χ2v) is 4.66. The highest BCUT2D eigenvalue weighted by molar-refractivity contribution is 5.82. The molecule has 2 aliphatic rings. The zero-order chi connectivity index (χ0) is 9.80. The molecule has 0 amide bonds. The summed E-state index contributed by atoms with van der Waals surface area (Å²) in [5, 5.41) is 0. The molecule has 3 N–H and O–H groups in total. The summed E-state index contributed by atoms with van der Waals surface area (Å²) in [4.78, 5) is 4.70. The number of amidine groups is 1. The minimum Gasteiger partial charge on any atom is -0.312 e. The molecule has 0 bridgehead atoms. The first-order chi connectivity index (χ1) is 6.88. The number of aliphatic imine (C=N–C) groups is 1. The van der Waals surface area contributed by atoms with Gasteiger partial charge in [-0.3, -0.25) is 4.99 Å². The number of rotatable bonds is 3. The highest BCUT2D eigenvalue weighted by Crippen LogP contribution is 2.30. The van der Waals surface area contributed by atoms with Crippen LogP contribution in [0.25, 0.3) is 0 Å². The maximum absolute atomic E-state index is 5.50. The van der Waals surface area contributed by atoms with Crippen molar-refractivity contribution in [3.05, 3.63) is 0 Å². The first-order valence-corrected chi connectivity index (χ1v) is 5.92. The smallest absolute Gasteiger partial charge is 0.111 e. The molecule has 0 aromatic carbocycles. The van der Waals surface area contributed by atoms with Gasteiger partial charge in [0.1, 0.15) is 5.84 Å². The van der Waals surface area contributed by atoms with Gasteiger partial charge < -0.3 is 5.43 Å². The molecule has 0 heterocycles. The third-order valence-corrected chi connectivity index (χ3v) is 3.54. The van der Waals surface area contributed by atoms with Gasteiger partial charge in [-0.15, -0.1) is 0 Å². The number of nitrogens with zero attached hydrogens (tertiary/aromatic N) is 1. The highest BCUT2D eigenvalue weighted by Gasteiger charge is 2.20. The molecule has 0 radical (unpaired) electrons. The molecular formula is C11H21N3. The fourth-order valence-electron chi connectivity index (χ4n) is 2.37. The van der Waals surface area contributed by atoms with Crippen molar-refractivity contribution in [1.82, 2.24) is 5.43 Å². The molecule has 2 rings (SSSR count). The first-order valence-electron chi connectivity index (χ1n) is 5.92. The predicted molar refractivity (Wildman–Crippen MR) is 59.0 cm³/mol. The Morgan fingerprint density at radius 3 is 2.36 bits per heavy atom. The van der Waals surface area contributed by atoms with Gasteiger partial charge in [-0.2, -0.15) is 0 Å². The molecule has 0 unspecified atom stereocenters. The Balaban J connectivity index is 1.82. The second-order valence-electron chi connectivity index (χ2n) is 4.66. The van der Waals surface area contributed by atoms with Crippen molar-refractivity contribution in [2.45, 2.75) is 57.4 Å². The van der Waals surface area contributed by atoms with E-state index >= 15 is 0 Å². The van der Waals surface area contributed by atoms with Crippen molar-refractivity contribution in [1.29, 1.82) is 0 Å². The summed E-state index contributed by atoms with van der Waals surface area (Å²) in [6.45, 7) is 0. The zero-order valence-electron chi connectivity index (χ0n) is 8.84. The molecular weight excluding hydrogens is 174 g/mol. The second kappa shape index (κ2) is 4.78.